The average Bonchev–Trinajstić information content (AvgIpc) is 3.19. The van der Waals surface area contributed by atoms with E-state index in [1.807, 2.05) is 5.38 Å². The molecule has 1 saturated carbocycles. The van der Waals surface area contributed by atoms with Crippen molar-refractivity contribution in [1.82, 2.24) is 4.98 Å². The Hall–Kier alpha value is -1.73. The Morgan fingerprint density at radius 3 is 2.52 bits per heavy atom. The third-order valence-electron chi connectivity index (χ3n) is 3.28. The summed E-state index contributed by atoms with van der Waals surface area (Å²) in [5, 5.41) is 5.29. The quantitative estimate of drug-likeness (QED) is 0.939. The Morgan fingerprint density at radius 2 is 1.95 bits per heavy atom. The highest BCUT2D eigenvalue weighted by Crippen LogP contribution is 2.40. The third-order valence-corrected chi connectivity index (χ3v) is 5.19. The highest BCUT2D eigenvalue weighted by atomic mass is 32.2. The lowest BCUT2D eigenvalue weighted by Crippen LogP contribution is -2.12. The molecule has 3 rings (SSSR count). The highest BCUT2D eigenvalue weighted by Gasteiger charge is 2.26. The van der Waals surface area contributed by atoms with Crippen LogP contribution in [0.2, 0.25) is 0 Å². The molecule has 1 fully saturated rings. The normalized spacial score (nSPS) is 14.9. The smallest absolute Gasteiger partial charge is 0.257 e. The summed E-state index contributed by atoms with van der Waals surface area (Å²) in [6.45, 7) is 0. The second-order valence-electron chi connectivity index (χ2n) is 5.10. The molecule has 0 bridgehead atoms. The van der Waals surface area contributed by atoms with Crippen molar-refractivity contribution in [3.63, 3.8) is 0 Å². The lowest BCUT2D eigenvalue weighted by atomic mass is 10.2. The summed E-state index contributed by atoms with van der Waals surface area (Å²) in [6, 6.07) is 5.87. The van der Waals surface area contributed by atoms with Gasteiger partial charge in [0.15, 0.2) is 15.0 Å². The van der Waals surface area contributed by atoms with E-state index in [2.05, 4.69) is 10.3 Å². The molecule has 1 aromatic heterocycles. The van der Waals surface area contributed by atoms with Gasteiger partial charge in [-0.1, -0.05) is 0 Å². The van der Waals surface area contributed by atoms with Crippen LogP contribution in [-0.2, 0) is 9.84 Å². The van der Waals surface area contributed by atoms with Crippen molar-refractivity contribution in [2.75, 3.05) is 11.6 Å². The molecule has 0 radical (unpaired) electrons. The van der Waals surface area contributed by atoms with Gasteiger partial charge in [0.2, 0.25) is 0 Å². The van der Waals surface area contributed by atoms with Gasteiger partial charge in [-0.3, -0.25) is 10.1 Å². The molecule has 1 N–H and O–H groups in total. The second kappa shape index (κ2) is 5.23. The molecule has 1 heterocycles. The second-order valence-corrected chi connectivity index (χ2v) is 7.98. The lowest BCUT2D eigenvalue weighted by Gasteiger charge is -2.03. The minimum atomic E-state index is -3.25. The van der Waals surface area contributed by atoms with Crippen LogP contribution in [0.1, 0.15) is 34.8 Å². The van der Waals surface area contributed by atoms with Crippen LogP contribution in [0.3, 0.4) is 0 Å². The number of sulfone groups is 1. The summed E-state index contributed by atoms with van der Waals surface area (Å²) < 4.78 is 22.7. The fraction of sp³-hybridized carbons (Fsp3) is 0.286. The maximum absolute atomic E-state index is 12.1. The van der Waals surface area contributed by atoms with E-state index in [-0.39, 0.29) is 10.8 Å². The number of thiazole rings is 1. The number of rotatable bonds is 4. The van der Waals surface area contributed by atoms with Crippen molar-refractivity contribution in [1.29, 1.82) is 0 Å². The summed E-state index contributed by atoms with van der Waals surface area (Å²) in [4.78, 5) is 16.7. The minimum absolute atomic E-state index is 0.198. The molecular formula is C14H14N2O3S2. The Morgan fingerprint density at radius 1 is 1.29 bits per heavy atom. The van der Waals surface area contributed by atoms with E-state index in [4.69, 9.17) is 0 Å². The maximum Gasteiger partial charge on any atom is 0.257 e. The number of hydrogen-bond donors (Lipinski definition) is 1. The zero-order chi connectivity index (χ0) is 15.0. The summed E-state index contributed by atoms with van der Waals surface area (Å²) in [5.74, 6) is 0.271. The Kier molecular flexibility index (Phi) is 3.54. The van der Waals surface area contributed by atoms with Gasteiger partial charge in [-0.05, 0) is 37.1 Å². The zero-order valence-electron chi connectivity index (χ0n) is 11.4. The molecule has 0 atom stereocenters. The van der Waals surface area contributed by atoms with E-state index >= 15 is 0 Å². The number of benzene rings is 1. The van der Waals surface area contributed by atoms with Crippen molar-refractivity contribution in [3.05, 3.63) is 40.9 Å². The molecule has 0 saturated heterocycles. The first kappa shape index (κ1) is 14.2. The van der Waals surface area contributed by atoms with Gasteiger partial charge < -0.3 is 0 Å². The number of carbonyl (C=O) groups excluding carboxylic acids is 1. The SMILES string of the molecule is CS(=O)(=O)c1ccc(C(=O)Nc2nc(C3CC3)cs2)cc1. The molecule has 5 nitrogen and oxygen atoms in total. The van der Waals surface area contributed by atoms with Gasteiger partial charge in [-0.25, -0.2) is 13.4 Å². The van der Waals surface area contributed by atoms with Crippen LogP contribution in [0.15, 0.2) is 34.5 Å². The highest BCUT2D eigenvalue weighted by molar-refractivity contribution is 7.90. The molecule has 110 valence electrons. The molecule has 1 aliphatic rings. The van der Waals surface area contributed by atoms with E-state index in [0.717, 1.165) is 11.9 Å². The van der Waals surface area contributed by atoms with Crippen molar-refractivity contribution < 1.29 is 13.2 Å². The third kappa shape index (κ3) is 3.30. The van der Waals surface area contributed by atoms with Gasteiger partial charge in [0.05, 0.1) is 10.6 Å². The Labute approximate surface area is 127 Å². The monoisotopic (exact) mass is 322 g/mol. The van der Waals surface area contributed by atoms with Crippen molar-refractivity contribution in [2.45, 2.75) is 23.7 Å². The number of nitrogens with zero attached hydrogens (tertiary/aromatic N) is 1. The van der Waals surface area contributed by atoms with Gasteiger partial charge in [-0.2, -0.15) is 0 Å². The zero-order valence-corrected chi connectivity index (χ0v) is 13.0. The molecule has 1 aliphatic carbocycles. The molecule has 1 aromatic carbocycles. The minimum Gasteiger partial charge on any atom is -0.298 e. The molecule has 21 heavy (non-hydrogen) atoms. The maximum atomic E-state index is 12.1. The van der Waals surface area contributed by atoms with Gasteiger partial charge in [0.1, 0.15) is 0 Å². The Bertz CT molecular complexity index is 775. The molecule has 0 aliphatic heterocycles. The fourth-order valence-electron chi connectivity index (χ4n) is 1.93. The van der Waals surface area contributed by atoms with Gasteiger partial charge in [0.25, 0.3) is 5.91 Å². The van der Waals surface area contributed by atoms with E-state index < -0.39 is 9.84 Å². The number of hydrogen-bond acceptors (Lipinski definition) is 5. The van der Waals surface area contributed by atoms with Gasteiger partial charge >= 0.3 is 0 Å². The summed E-state index contributed by atoms with van der Waals surface area (Å²) in [6.07, 6.45) is 3.48. The molecule has 7 heteroatoms. The Balaban J connectivity index is 1.72. The lowest BCUT2D eigenvalue weighted by molar-refractivity contribution is 0.102. The van der Waals surface area contributed by atoms with Crippen LogP contribution in [-0.4, -0.2) is 25.6 Å². The van der Waals surface area contributed by atoms with E-state index in [9.17, 15) is 13.2 Å². The van der Waals surface area contributed by atoms with Crippen LogP contribution >= 0.6 is 11.3 Å². The summed E-state index contributed by atoms with van der Waals surface area (Å²) in [5.41, 5.74) is 1.45. The van der Waals surface area contributed by atoms with E-state index in [1.54, 1.807) is 0 Å². The molecule has 2 aromatic rings. The van der Waals surface area contributed by atoms with E-state index in [1.165, 1.54) is 48.4 Å². The molecular weight excluding hydrogens is 308 g/mol. The predicted octanol–water partition coefficient (Wildman–Crippen LogP) is 2.68. The van der Waals surface area contributed by atoms with E-state index in [0.29, 0.717) is 16.6 Å². The number of carbonyl (C=O) groups is 1. The average molecular weight is 322 g/mol. The first-order valence-electron chi connectivity index (χ1n) is 6.50. The summed E-state index contributed by atoms with van der Waals surface area (Å²) in [7, 11) is -3.25. The van der Waals surface area contributed by atoms with Gasteiger partial charge in [-0.15, -0.1) is 11.3 Å². The molecule has 0 unspecified atom stereocenters. The van der Waals surface area contributed by atoms with Crippen LogP contribution in [0, 0.1) is 0 Å². The van der Waals surface area contributed by atoms with Crippen LogP contribution in [0.25, 0.3) is 0 Å². The molecule has 1 amide bonds. The first-order valence-corrected chi connectivity index (χ1v) is 9.27. The van der Waals surface area contributed by atoms with Crippen molar-refractivity contribution >= 4 is 32.2 Å². The van der Waals surface area contributed by atoms with Crippen molar-refractivity contribution in [3.8, 4) is 0 Å². The number of anilines is 1. The first-order chi connectivity index (χ1) is 9.93. The number of aromatic nitrogens is 1. The summed E-state index contributed by atoms with van der Waals surface area (Å²) >= 11 is 1.41. The largest absolute Gasteiger partial charge is 0.298 e. The van der Waals surface area contributed by atoms with Crippen molar-refractivity contribution in [2.24, 2.45) is 0 Å². The predicted molar refractivity (Wildman–Crippen MR) is 81.6 cm³/mol. The van der Waals surface area contributed by atoms with Gasteiger partial charge in [0, 0.05) is 23.1 Å². The fourth-order valence-corrected chi connectivity index (χ4v) is 3.35. The topological polar surface area (TPSA) is 76.1 Å². The number of nitrogens with one attached hydrogen (secondary N) is 1. The number of amides is 1. The van der Waals surface area contributed by atoms with Crippen LogP contribution in [0.4, 0.5) is 5.13 Å². The molecule has 0 spiro atoms. The van der Waals surface area contributed by atoms with Crippen LogP contribution in [0.5, 0.6) is 0 Å². The standard InChI is InChI=1S/C14H14N2O3S2/c1-21(18,19)11-6-4-10(5-7-11)13(17)16-14-15-12(8-20-14)9-2-3-9/h4-9H,2-3H2,1H3,(H,15,16,17). The van der Waals surface area contributed by atoms with Crippen LogP contribution < -0.4 is 5.32 Å².